The molecule has 0 spiro atoms. The van der Waals surface area contributed by atoms with Gasteiger partial charge >= 0.3 is 0 Å². The number of rotatable bonds is 1. The molecular weight excluding hydrogens is 268 g/mol. The molecule has 0 fully saturated rings. The smallest absolute Gasteiger partial charge is 0.126 e. The van der Waals surface area contributed by atoms with Crippen LogP contribution in [0.4, 0.5) is 8.78 Å². The quantitative estimate of drug-likeness (QED) is 0.544. The Bertz CT molecular complexity index is 219. The molecule has 10 heavy (non-hydrogen) atoms. The van der Waals surface area contributed by atoms with E-state index in [1.807, 2.05) is 0 Å². The lowest BCUT2D eigenvalue weighted by Gasteiger charge is -1.94. The molecule has 0 N–H and O–H groups in total. The van der Waals surface area contributed by atoms with Gasteiger partial charge in [0.25, 0.3) is 0 Å². The highest BCUT2D eigenvalue weighted by atomic mass is 127. The van der Waals surface area contributed by atoms with Crippen LogP contribution in [0.3, 0.4) is 0 Å². The summed E-state index contributed by atoms with van der Waals surface area (Å²) in [5.74, 6) is -1.00. The zero-order valence-corrected chi connectivity index (χ0v) is 8.02. The molecule has 0 bridgehead atoms. The molecule has 0 aliphatic rings. The molecule has 4 heteroatoms. The van der Waals surface area contributed by atoms with Gasteiger partial charge in [0.1, 0.15) is 11.6 Å². The van der Waals surface area contributed by atoms with Gasteiger partial charge in [0.2, 0.25) is 0 Å². The first kappa shape index (κ1) is 8.34. The number of halogens is 3. The molecule has 0 aliphatic heterocycles. The van der Waals surface area contributed by atoms with Crippen molar-refractivity contribution in [1.82, 2.24) is 0 Å². The summed E-state index contributed by atoms with van der Waals surface area (Å²) in [6.07, 6.45) is 0.413. The van der Waals surface area contributed by atoms with E-state index in [4.69, 9.17) is 0 Å². The van der Waals surface area contributed by atoms with Gasteiger partial charge in [0, 0.05) is 6.07 Å². The Hall–Kier alpha value is 0.240. The summed E-state index contributed by atoms with van der Waals surface area (Å²) < 4.78 is 24.8. The van der Waals surface area contributed by atoms with Crippen LogP contribution in [0.5, 0.6) is 0 Å². The Labute approximate surface area is 72.3 Å². The molecule has 1 atom stereocenters. The topological polar surface area (TPSA) is 0 Å². The van der Waals surface area contributed by atoms with Crippen molar-refractivity contribution in [3.63, 3.8) is 0 Å². The maximum Gasteiger partial charge on any atom is 0.126 e. The third kappa shape index (κ3) is 2.13. The third-order valence-electron chi connectivity index (χ3n) is 0.972. The maximum absolute atomic E-state index is 12.4. The van der Waals surface area contributed by atoms with Crippen LogP contribution in [0.2, 0.25) is 0 Å². The van der Waals surface area contributed by atoms with E-state index in [0.29, 0.717) is 11.5 Å². The lowest BCUT2D eigenvalue weighted by Crippen LogP contribution is -1.94. The van der Waals surface area contributed by atoms with Crippen molar-refractivity contribution in [2.24, 2.45) is 0 Å². The fourth-order valence-electron chi connectivity index (χ4n) is 0.608. The van der Waals surface area contributed by atoms with Gasteiger partial charge in [-0.15, -0.1) is 0 Å². The Morgan fingerprint density at radius 3 is 2.00 bits per heavy atom. The van der Waals surface area contributed by atoms with Crippen molar-refractivity contribution >= 4 is 33.6 Å². The van der Waals surface area contributed by atoms with E-state index in [2.05, 4.69) is 22.0 Å². The molecule has 0 heterocycles. The van der Waals surface area contributed by atoms with E-state index in [-0.39, 0.29) is 0 Å². The molecule has 0 aliphatic carbocycles. The first-order chi connectivity index (χ1) is 4.72. The molecule has 54 valence electrons. The molecule has 0 saturated carbocycles. The van der Waals surface area contributed by atoms with E-state index in [9.17, 15) is 8.78 Å². The molecule has 0 aromatic heterocycles. The number of hydrogen-bond acceptors (Lipinski definition) is 0. The van der Waals surface area contributed by atoms with Gasteiger partial charge in [-0.25, -0.2) is 8.78 Å². The summed E-state index contributed by atoms with van der Waals surface area (Å²) in [4.78, 5) is 0. The van der Waals surface area contributed by atoms with Crippen LogP contribution in [0, 0.1) is 11.6 Å². The maximum atomic E-state index is 12.4. The fraction of sp³-hybridized carbons (Fsp3) is 0. The lowest BCUT2D eigenvalue weighted by molar-refractivity contribution is 0.585. The fourth-order valence-corrected chi connectivity index (χ4v) is 1.93. The second-order valence-electron chi connectivity index (χ2n) is 1.75. The molecule has 0 nitrogen and oxygen atoms in total. The van der Waals surface area contributed by atoms with Crippen LogP contribution in [0.15, 0.2) is 18.2 Å². The van der Waals surface area contributed by atoms with Crippen molar-refractivity contribution < 1.29 is 8.78 Å². The van der Waals surface area contributed by atoms with Gasteiger partial charge in [-0.3, -0.25) is 0 Å². The minimum atomic E-state index is -0.501. The Balaban J connectivity index is 3.06. The molecule has 0 amide bonds. The van der Waals surface area contributed by atoms with Crippen molar-refractivity contribution in [3.8, 4) is 0 Å². The predicted octanol–water partition coefficient (Wildman–Crippen LogP) is 2.62. The van der Waals surface area contributed by atoms with Gasteiger partial charge in [-0.2, -0.15) is 0 Å². The van der Waals surface area contributed by atoms with E-state index < -0.39 is 11.6 Å². The molecule has 0 saturated heterocycles. The molecule has 1 aromatic rings. The average molecular weight is 272 g/mol. The first-order valence-corrected chi connectivity index (χ1v) is 6.66. The van der Waals surface area contributed by atoms with Gasteiger partial charge in [-0.05, 0) is 23.7 Å². The normalized spacial score (nSPS) is 11.1. The Kier molecular flexibility index (Phi) is 2.98. The van der Waals surface area contributed by atoms with E-state index >= 15 is 0 Å². The van der Waals surface area contributed by atoms with Gasteiger partial charge in [-0.1, -0.05) is 22.0 Å². The summed E-state index contributed by atoms with van der Waals surface area (Å²) in [5.41, 5.74) is 0. The van der Waals surface area contributed by atoms with Gasteiger partial charge in [0.15, 0.2) is 0 Å². The summed E-state index contributed by atoms with van der Waals surface area (Å²) in [6.45, 7) is 0. The third-order valence-corrected chi connectivity index (χ3v) is 3.35. The highest BCUT2D eigenvalue weighted by Gasteiger charge is 1.97. The van der Waals surface area contributed by atoms with Crippen molar-refractivity contribution in [3.05, 3.63) is 29.8 Å². The van der Waals surface area contributed by atoms with Crippen LogP contribution in [-0.2, 0) is 0 Å². The summed E-state index contributed by atoms with van der Waals surface area (Å²) in [6, 6.07) is 3.56. The van der Waals surface area contributed by atoms with Crippen LogP contribution in [-0.4, -0.2) is 0 Å². The highest BCUT2D eigenvalue weighted by Crippen LogP contribution is 2.20. The van der Waals surface area contributed by atoms with Crippen molar-refractivity contribution in [1.29, 1.82) is 0 Å². The summed E-state index contributed by atoms with van der Waals surface area (Å²) in [5, 5.41) is 0.707. The minimum absolute atomic E-state index is 0.413. The van der Waals surface area contributed by atoms with Gasteiger partial charge in [0.05, 0.1) is 0 Å². The van der Waals surface area contributed by atoms with Crippen LogP contribution in [0.25, 0.3) is 0 Å². The Morgan fingerprint density at radius 2 is 1.60 bits per heavy atom. The Morgan fingerprint density at radius 1 is 1.10 bits per heavy atom. The van der Waals surface area contributed by atoms with Crippen LogP contribution in [0.1, 0.15) is 0 Å². The zero-order valence-electron chi connectivity index (χ0n) is 4.87. The molecule has 1 rings (SSSR count). The number of hydrogen-bond donors (Lipinski definition) is 0. The second kappa shape index (κ2) is 3.58. The second-order valence-corrected chi connectivity index (χ2v) is 4.14. The average Bonchev–Trinajstić information content (AvgIpc) is 1.85. The van der Waals surface area contributed by atoms with E-state index in [0.717, 1.165) is 6.07 Å². The first-order valence-electron chi connectivity index (χ1n) is 2.55. The van der Waals surface area contributed by atoms with Crippen molar-refractivity contribution in [2.75, 3.05) is 0 Å². The summed E-state index contributed by atoms with van der Waals surface area (Å²) in [7, 11) is 0. The minimum Gasteiger partial charge on any atom is -0.207 e. The monoisotopic (exact) mass is 272 g/mol. The lowest BCUT2D eigenvalue weighted by atomic mass is 10.3. The highest BCUT2D eigenvalue weighted by molar-refractivity contribution is 14.2. The number of benzene rings is 1. The van der Waals surface area contributed by atoms with E-state index in [1.54, 1.807) is 0 Å². The SMILES string of the molecule is Fc1cc(F)cc(PI)c1. The molecule has 0 radical (unpaired) electrons. The van der Waals surface area contributed by atoms with E-state index in [1.165, 1.54) is 12.1 Å². The standard InChI is InChI=1S/C6H4F2IP/c7-4-1-5(8)3-6(2-4)10-9/h1-3,10H. The molecule has 1 unspecified atom stereocenters. The molecular formula is C6H4F2IP. The predicted molar refractivity (Wildman–Crippen MR) is 48.3 cm³/mol. The van der Waals surface area contributed by atoms with Crippen molar-refractivity contribution in [2.45, 2.75) is 0 Å². The van der Waals surface area contributed by atoms with Gasteiger partial charge < -0.3 is 0 Å². The van der Waals surface area contributed by atoms with Crippen LogP contribution >= 0.6 is 28.3 Å². The molecule has 1 aromatic carbocycles. The summed E-state index contributed by atoms with van der Waals surface area (Å²) >= 11 is 2.08. The largest absolute Gasteiger partial charge is 0.207 e. The zero-order chi connectivity index (χ0) is 7.56. The van der Waals surface area contributed by atoms with Crippen LogP contribution < -0.4 is 5.30 Å².